The van der Waals surface area contributed by atoms with Crippen molar-refractivity contribution in [3.05, 3.63) is 0 Å². The average Bonchev–Trinajstić information content (AvgIpc) is 3.23. The molecule has 23 heavy (non-hydrogen) atoms. The summed E-state index contributed by atoms with van der Waals surface area (Å²) < 4.78 is 6.94. The van der Waals surface area contributed by atoms with Crippen LogP contribution in [0.3, 0.4) is 0 Å². The fraction of sp³-hybridized carbons (Fsp3) is 1.00. The van der Waals surface area contributed by atoms with Gasteiger partial charge in [-0.2, -0.15) is 0 Å². The molecule has 2 nitrogen and oxygen atoms in total. The molecule has 1 aliphatic rings. The standard InChI is InChI=1S/C21H44NO/c1-5-6-7-8-11-14-17-20-21(23-20)18-15-12-9-10-13-16-19-22(2,3)4/h20-21H,5-19H2,1-4H3/q+1/t20-,21-/m0/s1. The highest BCUT2D eigenvalue weighted by molar-refractivity contribution is 4.84. The van der Waals surface area contributed by atoms with Crippen LogP contribution in [0, 0.1) is 0 Å². The molecule has 1 rings (SSSR count). The van der Waals surface area contributed by atoms with E-state index >= 15 is 0 Å². The van der Waals surface area contributed by atoms with Crippen molar-refractivity contribution in [1.29, 1.82) is 0 Å². The first kappa shape index (κ1) is 21.0. The summed E-state index contributed by atoms with van der Waals surface area (Å²) in [4.78, 5) is 0. The normalized spacial score (nSPS) is 20.9. The molecule has 2 atom stereocenters. The molecular formula is C21H44NO+. The molecule has 0 aromatic heterocycles. The third kappa shape index (κ3) is 12.9. The number of nitrogens with zero attached hydrogens (tertiary/aromatic N) is 1. The van der Waals surface area contributed by atoms with Crippen LogP contribution >= 0.6 is 0 Å². The maximum atomic E-state index is 5.83. The summed E-state index contributed by atoms with van der Waals surface area (Å²) in [7, 11) is 6.87. The quantitative estimate of drug-likeness (QED) is 0.194. The van der Waals surface area contributed by atoms with E-state index in [1.54, 1.807) is 0 Å². The van der Waals surface area contributed by atoms with E-state index < -0.39 is 0 Å². The molecule has 0 aromatic rings. The summed E-state index contributed by atoms with van der Waals surface area (Å²) in [6.45, 7) is 3.60. The summed E-state index contributed by atoms with van der Waals surface area (Å²) in [6, 6.07) is 0. The minimum Gasteiger partial charge on any atom is -0.370 e. The predicted octanol–water partition coefficient (Wildman–Crippen LogP) is 5.94. The fourth-order valence-corrected chi connectivity index (χ4v) is 3.45. The van der Waals surface area contributed by atoms with E-state index in [1.165, 1.54) is 96.4 Å². The second-order valence-electron chi connectivity index (χ2n) is 8.69. The van der Waals surface area contributed by atoms with Crippen LogP contribution in [-0.2, 0) is 4.74 Å². The second kappa shape index (κ2) is 12.3. The van der Waals surface area contributed by atoms with Crippen LogP contribution in [-0.4, -0.2) is 44.4 Å². The van der Waals surface area contributed by atoms with Gasteiger partial charge in [0.1, 0.15) is 0 Å². The van der Waals surface area contributed by atoms with Gasteiger partial charge in [0.25, 0.3) is 0 Å². The Labute approximate surface area is 146 Å². The lowest BCUT2D eigenvalue weighted by Crippen LogP contribution is -2.35. The average molecular weight is 327 g/mol. The first-order valence-electron chi connectivity index (χ1n) is 10.5. The van der Waals surface area contributed by atoms with Crippen molar-refractivity contribution in [2.24, 2.45) is 0 Å². The third-order valence-electron chi connectivity index (χ3n) is 5.10. The van der Waals surface area contributed by atoms with Gasteiger partial charge in [-0.3, -0.25) is 0 Å². The molecule has 0 spiro atoms. The Kier molecular flexibility index (Phi) is 11.2. The van der Waals surface area contributed by atoms with Crippen LogP contribution < -0.4 is 0 Å². The molecule has 1 fully saturated rings. The van der Waals surface area contributed by atoms with E-state index in [9.17, 15) is 0 Å². The summed E-state index contributed by atoms with van der Waals surface area (Å²) >= 11 is 0. The van der Waals surface area contributed by atoms with Crippen LogP contribution in [0.15, 0.2) is 0 Å². The van der Waals surface area contributed by atoms with Crippen LogP contribution in [0.25, 0.3) is 0 Å². The smallest absolute Gasteiger partial charge is 0.0841 e. The third-order valence-corrected chi connectivity index (χ3v) is 5.10. The topological polar surface area (TPSA) is 12.5 Å². The van der Waals surface area contributed by atoms with Gasteiger partial charge in [0.15, 0.2) is 0 Å². The van der Waals surface area contributed by atoms with Crippen molar-refractivity contribution in [3.8, 4) is 0 Å². The Morgan fingerprint density at radius 1 is 0.609 bits per heavy atom. The highest BCUT2D eigenvalue weighted by Gasteiger charge is 2.36. The summed E-state index contributed by atoms with van der Waals surface area (Å²) in [5.41, 5.74) is 0. The molecule has 2 heteroatoms. The van der Waals surface area contributed by atoms with Gasteiger partial charge in [-0.25, -0.2) is 0 Å². The molecule has 0 radical (unpaired) electrons. The SMILES string of the molecule is CCCCCCCC[C@@H]1O[C@H]1CCCCCCCC[N+](C)(C)C. The van der Waals surface area contributed by atoms with E-state index in [4.69, 9.17) is 4.74 Å². The molecule has 0 unspecified atom stereocenters. The van der Waals surface area contributed by atoms with Gasteiger partial charge in [0.05, 0.1) is 39.9 Å². The van der Waals surface area contributed by atoms with Gasteiger partial charge in [-0.1, -0.05) is 71.1 Å². The molecule has 138 valence electrons. The molecule has 1 saturated heterocycles. The van der Waals surface area contributed by atoms with Gasteiger partial charge in [0, 0.05) is 0 Å². The van der Waals surface area contributed by atoms with E-state index in [2.05, 4.69) is 28.1 Å². The molecule has 1 aliphatic heterocycles. The minimum atomic E-state index is 0.629. The highest BCUT2D eigenvalue weighted by Crippen LogP contribution is 2.31. The first-order chi connectivity index (χ1) is 11.0. The molecule has 0 amide bonds. The Balaban J connectivity index is 1.77. The lowest BCUT2D eigenvalue weighted by molar-refractivity contribution is -0.870. The van der Waals surface area contributed by atoms with E-state index in [1.807, 2.05) is 0 Å². The van der Waals surface area contributed by atoms with Crippen LogP contribution in [0.1, 0.15) is 96.8 Å². The molecule has 0 aliphatic carbocycles. The van der Waals surface area contributed by atoms with Crippen molar-refractivity contribution in [2.45, 2.75) is 109 Å². The zero-order chi connectivity index (χ0) is 17.0. The summed E-state index contributed by atoms with van der Waals surface area (Å²) in [5, 5.41) is 0. The van der Waals surface area contributed by atoms with Crippen LogP contribution in [0.5, 0.6) is 0 Å². The Bertz CT molecular complexity index is 272. The number of unbranched alkanes of at least 4 members (excludes halogenated alkanes) is 10. The number of hydrogen-bond donors (Lipinski definition) is 0. The fourth-order valence-electron chi connectivity index (χ4n) is 3.45. The van der Waals surface area contributed by atoms with Crippen LogP contribution in [0.2, 0.25) is 0 Å². The molecule has 0 aromatic carbocycles. The lowest BCUT2D eigenvalue weighted by Gasteiger charge is -2.23. The molecule has 0 N–H and O–H groups in total. The van der Waals surface area contributed by atoms with Gasteiger partial charge in [-0.15, -0.1) is 0 Å². The Morgan fingerprint density at radius 2 is 1.04 bits per heavy atom. The molecule has 1 heterocycles. The van der Waals surface area contributed by atoms with Crippen molar-refractivity contribution in [2.75, 3.05) is 27.7 Å². The predicted molar refractivity (Wildman–Crippen MR) is 102 cm³/mol. The van der Waals surface area contributed by atoms with E-state index in [0.29, 0.717) is 12.2 Å². The lowest BCUT2D eigenvalue weighted by atomic mass is 10.0. The maximum Gasteiger partial charge on any atom is 0.0841 e. The van der Waals surface area contributed by atoms with Gasteiger partial charge >= 0.3 is 0 Å². The highest BCUT2D eigenvalue weighted by atomic mass is 16.6. The van der Waals surface area contributed by atoms with Gasteiger partial charge < -0.3 is 9.22 Å². The molecular weight excluding hydrogens is 282 g/mol. The van der Waals surface area contributed by atoms with Gasteiger partial charge in [0.2, 0.25) is 0 Å². The van der Waals surface area contributed by atoms with Crippen molar-refractivity contribution < 1.29 is 9.22 Å². The molecule has 0 saturated carbocycles. The van der Waals surface area contributed by atoms with Crippen molar-refractivity contribution >= 4 is 0 Å². The summed E-state index contributed by atoms with van der Waals surface area (Å²) in [6.07, 6.45) is 20.8. The Hall–Kier alpha value is -0.0800. The largest absolute Gasteiger partial charge is 0.370 e. The number of epoxide rings is 1. The minimum absolute atomic E-state index is 0.629. The molecule has 0 bridgehead atoms. The first-order valence-corrected chi connectivity index (χ1v) is 10.5. The number of quaternary nitrogens is 1. The number of ether oxygens (including phenoxy) is 1. The maximum absolute atomic E-state index is 5.83. The van der Waals surface area contributed by atoms with E-state index in [-0.39, 0.29) is 0 Å². The van der Waals surface area contributed by atoms with Crippen LogP contribution in [0.4, 0.5) is 0 Å². The number of hydrogen-bond acceptors (Lipinski definition) is 1. The van der Waals surface area contributed by atoms with E-state index in [0.717, 1.165) is 4.48 Å². The zero-order valence-electron chi connectivity index (χ0n) is 16.6. The Morgan fingerprint density at radius 3 is 1.52 bits per heavy atom. The monoisotopic (exact) mass is 326 g/mol. The van der Waals surface area contributed by atoms with Crippen molar-refractivity contribution in [3.63, 3.8) is 0 Å². The van der Waals surface area contributed by atoms with Gasteiger partial charge in [-0.05, 0) is 25.7 Å². The second-order valence-corrected chi connectivity index (χ2v) is 8.69. The van der Waals surface area contributed by atoms with Crippen molar-refractivity contribution in [1.82, 2.24) is 0 Å². The number of rotatable bonds is 16. The summed E-state index contributed by atoms with van der Waals surface area (Å²) in [5.74, 6) is 0. The zero-order valence-corrected chi connectivity index (χ0v) is 16.6.